The third-order valence-corrected chi connectivity index (χ3v) is 22.6. The van der Waals surface area contributed by atoms with Gasteiger partial charge in [0.1, 0.15) is 113 Å². The molecule has 0 bridgehead atoms. The number of rotatable bonds is 27. The van der Waals surface area contributed by atoms with E-state index in [0.717, 1.165) is 56.2 Å². The van der Waals surface area contributed by atoms with Crippen molar-refractivity contribution in [1.29, 1.82) is 0 Å². The van der Waals surface area contributed by atoms with Gasteiger partial charge in [0.25, 0.3) is 0 Å². The van der Waals surface area contributed by atoms with Crippen molar-refractivity contribution >= 4 is 46.9 Å². The minimum atomic E-state index is -4.03. The smallest absolute Gasteiger partial charge is 0.189 e. The lowest BCUT2D eigenvalue weighted by molar-refractivity contribution is -0.119. The zero-order valence-electron chi connectivity index (χ0n) is 65.8. The highest BCUT2D eigenvalue weighted by Crippen LogP contribution is 2.42. The van der Waals surface area contributed by atoms with E-state index >= 15 is 0 Å². The van der Waals surface area contributed by atoms with E-state index < -0.39 is 46.8 Å². The van der Waals surface area contributed by atoms with Gasteiger partial charge in [-0.2, -0.15) is 0 Å². The highest BCUT2D eigenvalue weighted by Gasteiger charge is 2.32. The Bertz CT molecular complexity index is 5420. The fourth-order valence-electron chi connectivity index (χ4n) is 12.5. The quantitative estimate of drug-likeness (QED) is 0.0463. The first-order valence-electron chi connectivity index (χ1n) is 36.4. The number of carbonyl (C=O) groups is 3. The van der Waals surface area contributed by atoms with Gasteiger partial charge in [0.15, 0.2) is 29.5 Å². The molecule has 12 rings (SSSR count). The molecule has 3 heterocycles. The Kier molecular flexibility index (Phi) is 26.6. The topological polar surface area (TPSA) is 261 Å². The first-order valence-corrected chi connectivity index (χ1v) is 41.3. The number of ketones is 3. The zero-order chi connectivity index (χ0) is 81.6. The maximum atomic E-state index is 13.6. The fraction of sp³-hybridized carbons (Fsp3) is 0.253. The summed E-state index contributed by atoms with van der Waals surface area (Å²) in [6.07, 6.45) is 5.04. The number of hydrogen-bond donors (Lipinski definition) is 0. The third-order valence-electron chi connectivity index (χ3n) is 17.5. The third kappa shape index (κ3) is 23.3. The van der Waals surface area contributed by atoms with Gasteiger partial charge in [-0.3, -0.25) is 14.4 Å². The number of furan rings is 2. The van der Waals surface area contributed by atoms with Crippen molar-refractivity contribution in [3.63, 3.8) is 0 Å². The molecule has 0 aliphatic heterocycles. The Morgan fingerprint density at radius 1 is 0.354 bits per heavy atom. The van der Waals surface area contributed by atoms with Gasteiger partial charge in [0.2, 0.25) is 0 Å². The molecule has 0 fully saturated rings. The molecule has 0 spiro atoms. The van der Waals surface area contributed by atoms with Gasteiger partial charge in [0, 0.05) is 36.0 Å². The molecule has 9 aromatic carbocycles. The Labute approximate surface area is 661 Å². The van der Waals surface area contributed by atoms with E-state index in [0.29, 0.717) is 56.7 Å². The van der Waals surface area contributed by atoms with Gasteiger partial charge in [-0.05, 0) is 208 Å². The molecule has 0 aliphatic rings. The summed E-state index contributed by atoms with van der Waals surface area (Å²) in [5.74, 6) is 2.35. The number of methoxy groups -OCH3 is 3. The van der Waals surface area contributed by atoms with Crippen LogP contribution in [-0.2, 0) is 43.9 Å². The molecule has 3 aromatic heterocycles. The molecular formula is C91H93NO18S3. The minimum absolute atomic E-state index is 0.0386. The molecule has 12 aromatic rings. The summed E-state index contributed by atoms with van der Waals surface area (Å²) in [5.41, 5.74) is 8.53. The van der Waals surface area contributed by atoms with Crippen LogP contribution in [-0.4, -0.2) is 86.3 Å². The summed E-state index contributed by atoms with van der Waals surface area (Å²) in [4.78, 5) is 37.8. The summed E-state index contributed by atoms with van der Waals surface area (Å²) >= 11 is 0. The molecule has 588 valence electrons. The average molecular weight is 1580 g/mol. The van der Waals surface area contributed by atoms with Gasteiger partial charge >= 0.3 is 0 Å². The van der Waals surface area contributed by atoms with Crippen LogP contribution < -0.4 is 28.4 Å². The summed E-state index contributed by atoms with van der Waals surface area (Å²) in [6.45, 7) is 20.7. The van der Waals surface area contributed by atoms with Crippen molar-refractivity contribution in [1.82, 2.24) is 5.16 Å². The van der Waals surface area contributed by atoms with Crippen molar-refractivity contribution in [2.75, 3.05) is 38.6 Å². The van der Waals surface area contributed by atoms with Crippen LogP contribution in [0.15, 0.2) is 265 Å². The summed E-state index contributed by atoms with van der Waals surface area (Å²) < 4.78 is 131. The number of hydrogen-bond acceptors (Lipinski definition) is 19. The summed E-state index contributed by atoms with van der Waals surface area (Å²) in [5, 5.41) is 3.99. The summed E-state index contributed by atoms with van der Waals surface area (Å²) in [6, 6.07) is 64.9. The van der Waals surface area contributed by atoms with Crippen molar-refractivity contribution in [2.45, 2.75) is 110 Å². The van der Waals surface area contributed by atoms with Crippen LogP contribution in [0.2, 0.25) is 0 Å². The van der Waals surface area contributed by atoms with Crippen LogP contribution in [0, 0.1) is 30.1 Å². The lowest BCUT2D eigenvalue weighted by Gasteiger charge is -2.18. The molecule has 0 N–H and O–H groups in total. The van der Waals surface area contributed by atoms with E-state index in [9.17, 15) is 39.6 Å². The second kappa shape index (κ2) is 35.8. The maximum Gasteiger partial charge on any atom is 0.189 e. The van der Waals surface area contributed by atoms with Crippen molar-refractivity contribution in [3.05, 3.63) is 249 Å². The average Bonchev–Trinajstić information content (AvgIpc) is 1.79. The first kappa shape index (κ1) is 83.9. The molecule has 113 heavy (non-hydrogen) atoms. The Morgan fingerprint density at radius 2 is 0.690 bits per heavy atom. The molecule has 0 atom stereocenters. The monoisotopic (exact) mass is 1580 g/mol. The van der Waals surface area contributed by atoms with E-state index in [1.165, 1.54) is 37.0 Å². The first-order chi connectivity index (χ1) is 53.4. The fourth-order valence-corrected chi connectivity index (χ4v) is 16.7. The largest absolute Gasteiger partial charge is 0.497 e. The van der Waals surface area contributed by atoms with E-state index in [1.54, 1.807) is 108 Å². The molecule has 0 saturated heterocycles. The normalized spacial score (nSPS) is 11.8. The minimum Gasteiger partial charge on any atom is -0.497 e. The second-order valence-corrected chi connectivity index (χ2v) is 36.7. The van der Waals surface area contributed by atoms with E-state index in [1.807, 2.05) is 190 Å². The molecule has 0 unspecified atom stereocenters. The number of Topliss-reactive ketones (excluding diaryl/α,β-unsaturated/α-hetero) is 3. The molecular weight excluding hydrogens is 1490 g/mol. The Morgan fingerprint density at radius 3 is 1.01 bits per heavy atom. The number of sulfone groups is 3. The van der Waals surface area contributed by atoms with E-state index in [-0.39, 0.29) is 84.8 Å². The Balaban J connectivity index is 0.000000180. The summed E-state index contributed by atoms with van der Waals surface area (Å²) in [7, 11) is -7.17. The second-order valence-electron chi connectivity index (χ2n) is 30.9. The van der Waals surface area contributed by atoms with Crippen LogP contribution in [0.4, 0.5) is 0 Å². The number of carbonyl (C=O) groups excluding carboxylic acids is 3. The zero-order valence-corrected chi connectivity index (χ0v) is 68.2. The molecule has 0 aliphatic carbocycles. The van der Waals surface area contributed by atoms with E-state index in [4.69, 9.17) is 41.8 Å². The van der Waals surface area contributed by atoms with Crippen LogP contribution in [0.25, 0.3) is 67.0 Å². The van der Waals surface area contributed by atoms with Crippen LogP contribution in [0.1, 0.15) is 93.0 Å². The highest BCUT2D eigenvalue weighted by atomic mass is 32.2. The number of ether oxygens (including phenoxy) is 6. The van der Waals surface area contributed by atoms with Crippen LogP contribution in [0.3, 0.4) is 0 Å². The van der Waals surface area contributed by atoms with Gasteiger partial charge in [-0.1, -0.05) is 152 Å². The predicted octanol–water partition coefficient (Wildman–Crippen LogP) is 21.6. The molecule has 19 nitrogen and oxygen atoms in total. The number of aromatic nitrogens is 1. The predicted molar refractivity (Wildman–Crippen MR) is 439 cm³/mol. The number of aryl methyl sites for hydroxylation is 2. The molecule has 0 amide bonds. The van der Waals surface area contributed by atoms with Gasteiger partial charge in [-0.15, -0.1) is 0 Å². The maximum absolute atomic E-state index is 13.6. The van der Waals surface area contributed by atoms with Crippen molar-refractivity contribution in [2.24, 2.45) is 16.2 Å². The van der Waals surface area contributed by atoms with Crippen LogP contribution in [0.5, 0.6) is 51.7 Å². The molecule has 0 saturated carbocycles. The molecule has 0 radical (unpaired) electrons. The standard InChI is InChI=1S/C31H33NO6S.2C30H30O6S/c1-20-30(21(2)38-32-20)24-12-15-28(29(17-24)39(34,35)19-25(33)18-31(3,4)5)37-27-9-7-8-23(16-27)22-10-13-26(36-6)14-11-22;1-30(2,3)19-24(31)20-37(32,33)29-18-23(27-9-6-16-35-27)12-15-28(29)36-26-8-5-7-22(17-26)21-10-13-25(34-4)14-11-21;1-30(2,3)18-25(31)20-37(32,33)29-17-23(24-14-15-35-19-24)10-13-28(29)36-27-7-5-6-22(16-27)21-8-11-26(34-4)12-9-21/h7-17H,18-19H2,1-6H3;5-18H,19-20H2,1-4H3;5-17,19H,18,20H2,1-4H3. The SMILES string of the molecule is COc1ccc(-c2cccc(Oc3ccc(-c4c(C)noc4C)cc3S(=O)(=O)CC(=O)CC(C)(C)C)c2)cc1.COc1ccc(-c2cccc(Oc3ccc(-c4ccco4)cc3S(=O)(=O)CC(=O)CC(C)(C)C)c2)cc1.COc1ccc(-c2cccc(Oc3ccc(-c4ccoc4)cc3S(=O)(=O)CC(=O)CC(C)(C)C)c2)cc1. The molecule has 22 heteroatoms. The van der Waals surface area contributed by atoms with Crippen molar-refractivity contribution in [3.8, 4) is 119 Å². The Hall–Kier alpha value is -11.6. The van der Waals surface area contributed by atoms with Crippen molar-refractivity contribution < 1.29 is 81.4 Å². The highest BCUT2D eigenvalue weighted by molar-refractivity contribution is 7.92. The van der Waals surface area contributed by atoms with Crippen LogP contribution >= 0.6 is 0 Å². The lowest BCUT2D eigenvalue weighted by Crippen LogP contribution is -2.21. The van der Waals surface area contributed by atoms with Gasteiger partial charge in [0.05, 0.1) is 45.8 Å². The van der Waals surface area contributed by atoms with Gasteiger partial charge < -0.3 is 41.8 Å². The lowest BCUT2D eigenvalue weighted by atomic mass is 9.90. The van der Waals surface area contributed by atoms with Gasteiger partial charge in [-0.25, -0.2) is 25.3 Å². The number of nitrogens with zero attached hydrogens (tertiary/aromatic N) is 1. The number of benzene rings is 9. The van der Waals surface area contributed by atoms with E-state index in [2.05, 4.69) is 5.16 Å².